The van der Waals surface area contributed by atoms with Gasteiger partial charge in [0.1, 0.15) is 0 Å². The highest BCUT2D eigenvalue weighted by atomic mass is 16.6. The van der Waals surface area contributed by atoms with Crippen LogP contribution in [0.3, 0.4) is 0 Å². The molecule has 0 bridgehead atoms. The molecule has 0 atom stereocenters. The number of non-ortho nitro benzene ring substituents is 1. The van der Waals surface area contributed by atoms with Crippen molar-refractivity contribution >= 4 is 11.4 Å². The Hall–Kier alpha value is -1.66. The molecule has 1 aliphatic rings. The lowest BCUT2D eigenvalue weighted by molar-refractivity contribution is -0.384. The van der Waals surface area contributed by atoms with Crippen molar-refractivity contribution in [3.05, 3.63) is 33.9 Å². The van der Waals surface area contributed by atoms with Crippen LogP contribution in [0.1, 0.15) is 5.56 Å². The van der Waals surface area contributed by atoms with Gasteiger partial charge in [0.05, 0.1) is 4.92 Å². The predicted molar refractivity (Wildman–Crippen MR) is 80.3 cm³/mol. The number of benzene rings is 1. The first-order valence-corrected chi connectivity index (χ1v) is 6.95. The van der Waals surface area contributed by atoms with Crippen LogP contribution >= 0.6 is 0 Å². The molecular formula is C14H22N4O2. The maximum atomic E-state index is 10.8. The normalized spacial score (nSPS) is 17.1. The number of rotatable bonds is 5. The second-order valence-corrected chi connectivity index (χ2v) is 5.39. The quantitative estimate of drug-likeness (QED) is 0.654. The third-order valence-electron chi connectivity index (χ3n) is 3.63. The number of hydrogen-bond acceptors (Lipinski definition) is 5. The molecular weight excluding hydrogens is 256 g/mol. The maximum absolute atomic E-state index is 10.8. The molecule has 0 saturated carbocycles. The van der Waals surface area contributed by atoms with E-state index in [1.807, 2.05) is 13.0 Å². The summed E-state index contributed by atoms with van der Waals surface area (Å²) in [4.78, 5) is 15.2. The minimum Gasteiger partial charge on any atom is -0.384 e. The summed E-state index contributed by atoms with van der Waals surface area (Å²) >= 11 is 0. The van der Waals surface area contributed by atoms with Crippen LogP contribution in [0.4, 0.5) is 11.4 Å². The third kappa shape index (κ3) is 4.18. The summed E-state index contributed by atoms with van der Waals surface area (Å²) in [5.41, 5.74) is 1.87. The van der Waals surface area contributed by atoms with E-state index in [9.17, 15) is 10.1 Å². The first-order valence-electron chi connectivity index (χ1n) is 6.95. The van der Waals surface area contributed by atoms with E-state index in [2.05, 4.69) is 22.2 Å². The zero-order valence-electron chi connectivity index (χ0n) is 12.1. The molecule has 6 nitrogen and oxygen atoms in total. The van der Waals surface area contributed by atoms with Crippen molar-refractivity contribution in [3.63, 3.8) is 0 Å². The average Bonchev–Trinajstić information content (AvgIpc) is 2.40. The van der Waals surface area contributed by atoms with Crippen molar-refractivity contribution in [2.75, 3.05) is 51.6 Å². The second-order valence-electron chi connectivity index (χ2n) is 5.39. The Labute approximate surface area is 119 Å². The van der Waals surface area contributed by atoms with Crippen LogP contribution in [-0.4, -0.2) is 61.0 Å². The van der Waals surface area contributed by atoms with Crippen molar-refractivity contribution in [3.8, 4) is 0 Å². The van der Waals surface area contributed by atoms with Crippen molar-refractivity contribution in [2.45, 2.75) is 6.92 Å². The summed E-state index contributed by atoms with van der Waals surface area (Å²) in [5.74, 6) is 0. The van der Waals surface area contributed by atoms with Crippen molar-refractivity contribution in [1.29, 1.82) is 0 Å². The third-order valence-corrected chi connectivity index (χ3v) is 3.63. The van der Waals surface area contributed by atoms with Crippen molar-refractivity contribution < 1.29 is 4.92 Å². The van der Waals surface area contributed by atoms with Gasteiger partial charge in [0.25, 0.3) is 5.69 Å². The van der Waals surface area contributed by atoms with Gasteiger partial charge in [-0.25, -0.2) is 0 Å². The zero-order chi connectivity index (χ0) is 14.5. The molecule has 0 amide bonds. The summed E-state index contributed by atoms with van der Waals surface area (Å²) in [6, 6.07) is 5.12. The lowest BCUT2D eigenvalue weighted by Gasteiger charge is -2.32. The molecule has 110 valence electrons. The van der Waals surface area contributed by atoms with E-state index in [4.69, 9.17) is 0 Å². The Morgan fingerprint density at radius 3 is 2.60 bits per heavy atom. The smallest absolute Gasteiger partial charge is 0.271 e. The molecule has 1 saturated heterocycles. The number of piperazine rings is 1. The van der Waals surface area contributed by atoms with E-state index >= 15 is 0 Å². The fourth-order valence-electron chi connectivity index (χ4n) is 2.40. The van der Waals surface area contributed by atoms with Crippen LogP contribution in [0.15, 0.2) is 18.2 Å². The van der Waals surface area contributed by atoms with Crippen LogP contribution in [0, 0.1) is 17.0 Å². The predicted octanol–water partition coefficient (Wildman–Crippen LogP) is 1.56. The molecule has 20 heavy (non-hydrogen) atoms. The van der Waals surface area contributed by atoms with Gasteiger partial charge in [0.15, 0.2) is 0 Å². The SMILES string of the molecule is Cc1cc(NCCN2CCN(C)CC2)cc([N+](=O)[O-])c1. The Morgan fingerprint density at radius 1 is 1.25 bits per heavy atom. The van der Waals surface area contributed by atoms with Gasteiger partial charge < -0.3 is 10.2 Å². The number of nitro groups is 1. The lowest BCUT2D eigenvalue weighted by Crippen LogP contribution is -2.45. The van der Waals surface area contributed by atoms with Crippen LogP contribution in [-0.2, 0) is 0 Å². The van der Waals surface area contributed by atoms with Gasteiger partial charge in [-0.3, -0.25) is 15.0 Å². The Balaban J connectivity index is 1.83. The standard InChI is InChI=1S/C14H22N4O2/c1-12-9-13(11-14(10-12)18(19)20)15-3-4-17-7-5-16(2)6-8-17/h9-11,15H,3-8H2,1-2H3. The number of likely N-dealkylation sites (N-methyl/N-ethyl adjacent to an activating group) is 1. The Morgan fingerprint density at radius 2 is 1.95 bits per heavy atom. The first kappa shape index (κ1) is 14.7. The molecule has 1 aromatic carbocycles. The molecule has 1 aromatic rings. The van der Waals surface area contributed by atoms with Gasteiger partial charge >= 0.3 is 0 Å². The minimum absolute atomic E-state index is 0.145. The van der Waals surface area contributed by atoms with Crippen LogP contribution in [0.25, 0.3) is 0 Å². The monoisotopic (exact) mass is 278 g/mol. The minimum atomic E-state index is -0.349. The fourth-order valence-corrected chi connectivity index (χ4v) is 2.40. The molecule has 1 N–H and O–H groups in total. The topological polar surface area (TPSA) is 61.6 Å². The van der Waals surface area contributed by atoms with E-state index in [1.54, 1.807) is 12.1 Å². The second kappa shape index (κ2) is 6.67. The van der Waals surface area contributed by atoms with Gasteiger partial charge in [0.2, 0.25) is 0 Å². The highest BCUT2D eigenvalue weighted by Crippen LogP contribution is 2.20. The van der Waals surface area contributed by atoms with Crippen LogP contribution in [0.5, 0.6) is 0 Å². The van der Waals surface area contributed by atoms with Crippen LogP contribution < -0.4 is 5.32 Å². The molecule has 0 radical (unpaired) electrons. The molecule has 6 heteroatoms. The zero-order valence-corrected chi connectivity index (χ0v) is 12.1. The fraction of sp³-hybridized carbons (Fsp3) is 0.571. The number of nitro benzene ring substituents is 1. The molecule has 1 heterocycles. The largest absolute Gasteiger partial charge is 0.384 e. The number of anilines is 1. The van der Waals surface area contributed by atoms with Gasteiger partial charge in [0, 0.05) is 57.1 Å². The molecule has 0 aromatic heterocycles. The number of nitrogens with zero attached hydrogens (tertiary/aromatic N) is 3. The van der Waals surface area contributed by atoms with Crippen molar-refractivity contribution in [2.24, 2.45) is 0 Å². The summed E-state index contributed by atoms with van der Waals surface area (Å²) in [5, 5.41) is 14.1. The Kier molecular flexibility index (Phi) is 4.92. The molecule has 0 unspecified atom stereocenters. The van der Waals surface area contributed by atoms with Gasteiger partial charge in [-0.15, -0.1) is 0 Å². The van der Waals surface area contributed by atoms with Gasteiger partial charge in [-0.05, 0) is 25.6 Å². The highest BCUT2D eigenvalue weighted by molar-refractivity contribution is 5.53. The number of nitrogens with one attached hydrogen (secondary N) is 1. The molecule has 1 fully saturated rings. The van der Waals surface area contributed by atoms with Crippen LogP contribution in [0.2, 0.25) is 0 Å². The number of hydrogen-bond donors (Lipinski definition) is 1. The Bertz CT molecular complexity index is 470. The molecule has 1 aliphatic heterocycles. The molecule has 0 spiro atoms. The van der Waals surface area contributed by atoms with Gasteiger partial charge in [-0.2, -0.15) is 0 Å². The lowest BCUT2D eigenvalue weighted by atomic mass is 10.2. The molecule has 2 rings (SSSR count). The summed E-state index contributed by atoms with van der Waals surface area (Å²) < 4.78 is 0. The van der Waals surface area contributed by atoms with E-state index in [0.29, 0.717) is 0 Å². The van der Waals surface area contributed by atoms with Crippen molar-refractivity contribution in [1.82, 2.24) is 9.80 Å². The summed E-state index contributed by atoms with van der Waals surface area (Å²) in [6.07, 6.45) is 0. The summed E-state index contributed by atoms with van der Waals surface area (Å²) in [7, 11) is 2.14. The maximum Gasteiger partial charge on any atom is 0.271 e. The molecule has 0 aliphatic carbocycles. The van der Waals surface area contributed by atoms with E-state index in [0.717, 1.165) is 50.5 Å². The van der Waals surface area contributed by atoms with E-state index in [1.165, 1.54) is 0 Å². The average molecular weight is 278 g/mol. The van der Waals surface area contributed by atoms with E-state index in [-0.39, 0.29) is 10.6 Å². The summed E-state index contributed by atoms with van der Waals surface area (Å²) in [6.45, 7) is 8.04. The highest BCUT2D eigenvalue weighted by Gasteiger charge is 2.13. The number of aryl methyl sites for hydroxylation is 1. The van der Waals surface area contributed by atoms with Gasteiger partial charge in [-0.1, -0.05) is 0 Å². The first-order chi connectivity index (χ1) is 9.54. The van der Waals surface area contributed by atoms with E-state index < -0.39 is 0 Å².